The van der Waals surface area contributed by atoms with E-state index in [0.717, 1.165) is 6.33 Å². The van der Waals surface area contributed by atoms with Crippen LogP contribution in [0.25, 0.3) is 0 Å². The monoisotopic (exact) mass is 461 g/mol. The largest absolute Gasteiger partial charge is 0.458 e. The summed E-state index contributed by atoms with van der Waals surface area (Å²) in [5, 5.41) is 12.8. The predicted molar refractivity (Wildman–Crippen MR) is 112 cm³/mol. The third-order valence-electron chi connectivity index (χ3n) is 3.82. The number of benzene rings is 2. The Balaban J connectivity index is 1.92. The Morgan fingerprint density at radius 1 is 1.06 bits per heavy atom. The molecule has 0 unspecified atom stereocenters. The van der Waals surface area contributed by atoms with Gasteiger partial charge in [-0.15, -0.1) is 0 Å². The molecular weight excluding hydrogens is 445 g/mol. The van der Waals surface area contributed by atoms with E-state index in [1.165, 1.54) is 19.2 Å². The van der Waals surface area contributed by atoms with Crippen LogP contribution in [0.4, 0.5) is 4.39 Å². The molecule has 1 heterocycles. The van der Waals surface area contributed by atoms with Gasteiger partial charge in [0.2, 0.25) is 5.82 Å². The number of ether oxygens (including phenoxy) is 3. The molecule has 0 bridgehead atoms. The van der Waals surface area contributed by atoms with Crippen molar-refractivity contribution in [3.63, 3.8) is 0 Å². The van der Waals surface area contributed by atoms with E-state index in [9.17, 15) is 9.18 Å². The van der Waals surface area contributed by atoms with E-state index in [2.05, 4.69) is 15.1 Å². The Morgan fingerprint density at radius 2 is 1.69 bits per heavy atom. The van der Waals surface area contributed by atoms with Crippen molar-refractivity contribution in [1.29, 1.82) is 0 Å². The number of aliphatic hydroxyl groups is 1. The Bertz CT molecular complexity index is 1130. The van der Waals surface area contributed by atoms with Crippen LogP contribution in [0.1, 0.15) is 5.56 Å². The first-order chi connectivity index (χ1) is 15.5. The molecule has 11 heteroatoms. The van der Waals surface area contributed by atoms with E-state index >= 15 is 0 Å². The van der Waals surface area contributed by atoms with Crippen molar-refractivity contribution < 1.29 is 33.3 Å². The summed E-state index contributed by atoms with van der Waals surface area (Å²) in [5.41, 5.74) is -0.109. The van der Waals surface area contributed by atoms with Crippen LogP contribution in [0.15, 0.2) is 60.0 Å². The van der Waals surface area contributed by atoms with Gasteiger partial charge in [-0.05, 0) is 24.3 Å². The highest BCUT2D eigenvalue weighted by Gasteiger charge is 2.23. The quantitative estimate of drug-likeness (QED) is 0.291. The molecule has 0 atom stereocenters. The van der Waals surface area contributed by atoms with Crippen LogP contribution in [-0.2, 0) is 14.4 Å². The van der Waals surface area contributed by atoms with Gasteiger partial charge in [0.1, 0.15) is 31.5 Å². The second-order valence-electron chi connectivity index (χ2n) is 5.91. The summed E-state index contributed by atoms with van der Waals surface area (Å²) in [6, 6.07) is 12.7. The van der Waals surface area contributed by atoms with Gasteiger partial charge >= 0.3 is 5.97 Å². The van der Waals surface area contributed by atoms with Gasteiger partial charge in [0, 0.05) is 0 Å². The fourth-order valence-electron chi connectivity index (χ4n) is 2.46. The Kier molecular flexibility index (Phi) is 7.90. The zero-order valence-electron chi connectivity index (χ0n) is 16.7. The lowest BCUT2D eigenvalue weighted by Gasteiger charge is -2.13. The molecule has 0 saturated carbocycles. The molecule has 32 heavy (non-hydrogen) atoms. The van der Waals surface area contributed by atoms with E-state index < -0.39 is 23.5 Å². The molecule has 0 aliphatic carbocycles. The van der Waals surface area contributed by atoms with Crippen LogP contribution < -0.4 is 9.47 Å². The normalized spacial score (nSPS) is 11.1. The van der Waals surface area contributed by atoms with Gasteiger partial charge in [-0.25, -0.2) is 4.79 Å². The summed E-state index contributed by atoms with van der Waals surface area (Å²) in [6.07, 6.45) is 1.05. The van der Waals surface area contributed by atoms with E-state index in [1.54, 1.807) is 36.4 Å². The van der Waals surface area contributed by atoms with Crippen LogP contribution in [-0.4, -0.2) is 47.1 Å². The number of hydrogen-bond donors (Lipinski definition) is 1. The lowest BCUT2D eigenvalue weighted by Crippen LogP contribution is -2.21. The van der Waals surface area contributed by atoms with Gasteiger partial charge in [0.05, 0.1) is 17.2 Å². The van der Waals surface area contributed by atoms with Crippen molar-refractivity contribution in [2.24, 2.45) is 5.16 Å². The average molecular weight is 462 g/mol. The number of nitrogens with zero attached hydrogens (tertiary/aromatic N) is 3. The Labute approximate surface area is 187 Å². The molecule has 0 fully saturated rings. The highest BCUT2D eigenvalue weighted by atomic mass is 35.5. The standard InChI is InChI=1S/C21H17ClFN3O6/c1-29-26-18(21(28)30-11-10-27)13-6-2-4-8-15(13)31-19-17(23)20(25-12-24-19)32-16-9-5-3-7-14(16)22/h2-9,12,27H,10-11H2,1H3/b26-18+. The highest BCUT2D eigenvalue weighted by molar-refractivity contribution is 6.43. The smallest absolute Gasteiger partial charge is 0.361 e. The maximum atomic E-state index is 15.0. The van der Waals surface area contributed by atoms with Crippen LogP contribution in [0.3, 0.4) is 0 Å². The van der Waals surface area contributed by atoms with Crippen LogP contribution in [0.5, 0.6) is 23.3 Å². The predicted octanol–water partition coefficient (Wildman–Crippen LogP) is 3.74. The fourth-order valence-corrected chi connectivity index (χ4v) is 2.64. The van der Waals surface area contributed by atoms with Crippen molar-refractivity contribution in [3.05, 3.63) is 71.3 Å². The summed E-state index contributed by atoms with van der Waals surface area (Å²) in [4.78, 5) is 24.6. The average Bonchev–Trinajstić information content (AvgIpc) is 2.80. The number of halogens is 2. The summed E-state index contributed by atoms with van der Waals surface area (Å²) < 4.78 is 30.9. The molecule has 0 spiro atoms. The first-order valence-electron chi connectivity index (χ1n) is 9.14. The molecule has 1 aromatic heterocycles. The molecule has 9 nitrogen and oxygen atoms in total. The van der Waals surface area contributed by atoms with Crippen molar-refractivity contribution in [3.8, 4) is 23.3 Å². The number of para-hydroxylation sites is 2. The molecule has 0 aliphatic rings. The van der Waals surface area contributed by atoms with Gasteiger partial charge < -0.3 is 24.2 Å². The zero-order chi connectivity index (χ0) is 22.9. The first-order valence-corrected chi connectivity index (χ1v) is 9.52. The summed E-state index contributed by atoms with van der Waals surface area (Å²) >= 11 is 6.04. The van der Waals surface area contributed by atoms with Crippen LogP contribution in [0.2, 0.25) is 5.02 Å². The molecule has 0 amide bonds. The summed E-state index contributed by atoms with van der Waals surface area (Å²) in [7, 11) is 1.24. The number of carbonyl (C=O) groups excluding carboxylic acids is 1. The molecule has 166 valence electrons. The van der Waals surface area contributed by atoms with Crippen molar-refractivity contribution in [2.45, 2.75) is 0 Å². The second kappa shape index (κ2) is 11.0. The number of aliphatic hydroxyl groups excluding tert-OH is 1. The van der Waals surface area contributed by atoms with Gasteiger partial charge in [0.25, 0.3) is 11.8 Å². The van der Waals surface area contributed by atoms with Crippen molar-refractivity contribution in [2.75, 3.05) is 20.3 Å². The second-order valence-corrected chi connectivity index (χ2v) is 6.32. The molecule has 3 aromatic rings. The van der Waals surface area contributed by atoms with E-state index in [1.807, 2.05) is 0 Å². The lowest BCUT2D eigenvalue weighted by molar-refractivity contribution is -0.136. The minimum Gasteiger partial charge on any atom is -0.458 e. The molecule has 0 aliphatic heterocycles. The number of carbonyl (C=O) groups is 1. The highest BCUT2D eigenvalue weighted by Crippen LogP contribution is 2.33. The number of hydrogen-bond acceptors (Lipinski definition) is 9. The molecule has 1 N–H and O–H groups in total. The molecule has 0 radical (unpaired) electrons. The van der Waals surface area contributed by atoms with Crippen LogP contribution in [0, 0.1) is 5.82 Å². The van der Waals surface area contributed by atoms with E-state index in [0.29, 0.717) is 0 Å². The summed E-state index contributed by atoms with van der Waals surface area (Å²) in [5.74, 6) is -2.51. The number of esters is 1. The van der Waals surface area contributed by atoms with Gasteiger partial charge in [-0.1, -0.05) is 41.0 Å². The molecule has 0 saturated heterocycles. The Morgan fingerprint density at radius 3 is 2.34 bits per heavy atom. The fraction of sp³-hybridized carbons (Fsp3) is 0.143. The summed E-state index contributed by atoms with van der Waals surface area (Å²) in [6.45, 7) is -0.613. The van der Waals surface area contributed by atoms with Crippen molar-refractivity contribution >= 4 is 23.3 Å². The molecular formula is C21H17ClFN3O6. The minimum absolute atomic E-state index is 0.0329. The maximum Gasteiger partial charge on any atom is 0.361 e. The third-order valence-corrected chi connectivity index (χ3v) is 4.13. The molecule has 3 rings (SSSR count). The third kappa shape index (κ3) is 5.48. The number of oxime groups is 1. The van der Waals surface area contributed by atoms with Gasteiger partial charge in [-0.3, -0.25) is 0 Å². The van der Waals surface area contributed by atoms with E-state index in [4.69, 9.17) is 35.8 Å². The Hall–Kier alpha value is -3.76. The SMILES string of the molecule is CO/N=C(/C(=O)OCCO)c1ccccc1Oc1ncnc(Oc2ccccc2Cl)c1F. The van der Waals surface area contributed by atoms with Crippen LogP contribution >= 0.6 is 11.6 Å². The van der Waals surface area contributed by atoms with Crippen molar-refractivity contribution in [1.82, 2.24) is 9.97 Å². The van der Waals surface area contributed by atoms with Gasteiger partial charge in [-0.2, -0.15) is 14.4 Å². The maximum absolute atomic E-state index is 15.0. The number of aromatic nitrogens is 2. The van der Waals surface area contributed by atoms with E-state index in [-0.39, 0.29) is 41.0 Å². The van der Waals surface area contributed by atoms with Gasteiger partial charge in [0.15, 0.2) is 5.71 Å². The zero-order valence-corrected chi connectivity index (χ0v) is 17.5. The lowest BCUT2D eigenvalue weighted by atomic mass is 10.1. The first kappa shape index (κ1) is 22.9. The minimum atomic E-state index is -0.990. The topological polar surface area (TPSA) is 112 Å². The number of rotatable bonds is 9. The molecule has 2 aromatic carbocycles.